The monoisotopic (exact) mass is 540 g/mol. The van der Waals surface area contributed by atoms with E-state index in [4.69, 9.17) is 4.74 Å². The Morgan fingerprint density at radius 1 is 0.925 bits per heavy atom. The molecule has 1 aliphatic heterocycles. The molecule has 1 atom stereocenters. The first-order valence-electron chi connectivity index (χ1n) is 13.6. The highest BCUT2D eigenvalue weighted by molar-refractivity contribution is 6.05. The molecule has 40 heavy (non-hydrogen) atoms. The van der Waals surface area contributed by atoms with Gasteiger partial charge in [-0.25, -0.2) is 14.4 Å². The fourth-order valence-electron chi connectivity index (χ4n) is 4.72. The largest absolute Gasteiger partial charge is 0.463 e. The first-order chi connectivity index (χ1) is 19.3. The highest BCUT2D eigenvalue weighted by Crippen LogP contribution is 2.37. The summed E-state index contributed by atoms with van der Waals surface area (Å²) in [6.45, 7) is 8.59. The molecule has 0 saturated heterocycles. The van der Waals surface area contributed by atoms with Crippen molar-refractivity contribution in [3.8, 4) is 0 Å². The Bertz CT molecular complexity index is 1380. The van der Waals surface area contributed by atoms with E-state index in [1.165, 1.54) is 5.56 Å². The Kier molecular flexibility index (Phi) is 9.22. The topological polar surface area (TPSA) is 99.8 Å². The summed E-state index contributed by atoms with van der Waals surface area (Å²) >= 11 is 0. The standard InChI is InChI=1S/C32H36N4O4/c1-5-19-36-29(23-11-8-7-9-12-23)27(30(37)40-6-2)28(35-32(36)39)24-13-10-14-26(20-24)34-31(38)33-25-17-15-22(16-18-25)21(3)4/h7-18,20-21,28H,5-6,19H2,1-4H3,(H,35,39)(H2,33,34,38)/t28-/m1/s1. The molecule has 3 N–H and O–H groups in total. The molecule has 8 heteroatoms. The van der Waals surface area contributed by atoms with E-state index in [2.05, 4.69) is 29.8 Å². The zero-order valence-electron chi connectivity index (χ0n) is 23.4. The van der Waals surface area contributed by atoms with Gasteiger partial charge in [0, 0.05) is 17.9 Å². The molecule has 0 radical (unpaired) electrons. The fourth-order valence-corrected chi connectivity index (χ4v) is 4.72. The van der Waals surface area contributed by atoms with Crippen molar-refractivity contribution in [3.63, 3.8) is 0 Å². The minimum absolute atomic E-state index is 0.193. The first kappa shape index (κ1) is 28.4. The second kappa shape index (κ2) is 13.0. The predicted molar refractivity (Wildman–Crippen MR) is 158 cm³/mol. The number of hydrogen-bond acceptors (Lipinski definition) is 4. The number of ether oxygens (including phenoxy) is 1. The minimum Gasteiger partial charge on any atom is -0.463 e. The highest BCUT2D eigenvalue weighted by atomic mass is 16.5. The summed E-state index contributed by atoms with van der Waals surface area (Å²) in [6, 6.07) is 22.7. The van der Waals surface area contributed by atoms with Crippen LogP contribution >= 0.6 is 0 Å². The molecule has 0 aromatic heterocycles. The van der Waals surface area contributed by atoms with Crippen LogP contribution in [0, 0.1) is 0 Å². The second-order valence-electron chi connectivity index (χ2n) is 9.86. The fraction of sp³-hybridized carbons (Fsp3) is 0.281. The van der Waals surface area contributed by atoms with Gasteiger partial charge in [0.2, 0.25) is 0 Å². The van der Waals surface area contributed by atoms with Crippen LogP contribution in [0.15, 0.2) is 84.4 Å². The number of amides is 4. The molecule has 0 bridgehead atoms. The summed E-state index contributed by atoms with van der Waals surface area (Å²) in [4.78, 5) is 41.1. The van der Waals surface area contributed by atoms with Gasteiger partial charge in [-0.05, 0) is 60.2 Å². The van der Waals surface area contributed by atoms with Gasteiger partial charge < -0.3 is 20.7 Å². The van der Waals surface area contributed by atoms with Crippen LogP contribution in [-0.2, 0) is 9.53 Å². The Balaban J connectivity index is 1.67. The van der Waals surface area contributed by atoms with Crippen molar-refractivity contribution in [2.75, 3.05) is 23.8 Å². The molecule has 4 amide bonds. The summed E-state index contributed by atoms with van der Waals surface area (Å²) in [5.74, 6) is -0.107. The summed E-state index contributed by atoms with van der Waals surface area (Å²) in [5.41, 5.74) is 4.63. The van der Waals surface area contributed by atoms with Gasteiger partial charge in [0.1, 0.15) is 0 Å². The number of hydrogen-bond donors (Lipinski definition) is 3. The average Bonchev–Trinajstić information content (AvgIpc) is 2.94. The number of nitrogens with one attached hydrogen (secondary N) is 3. The van der Waals surface area contributed by atoms with Gasteiger partial charge in [0.15, 0.2) is 0 Å². The van der Waals surface area contributed by atoms with Crippen molar-refractivity contribution in [1.29, 1.82) is 0 Å². The third kappa shape index (κ3) is 6.51. The maximum absolute atomic E-state index is 13.4. The molecule has 1 aliphatic rings. The van der Waals surface area contributed by atoms with E-state index in [1.807, 2.05) is 67.6 Å². The Labute approximate surface area is 235 Å². The molecule has 208 valence electrons. The molecule has 0 spiro atoms. The van der Waals surface area contributed by atoms with Crippen molar-refractivity contribution in [1.82, 2.24) is 10.2 Å². The SMILES string of the molecule is CCCN1C(=O)N[C@H](c2cccc(NC(=O)Nc3ccc(C(C)C)cc3)c2)C(C(=O)OCC)=C1c1ccccc1. The maximum atomic E-state index is 13.4. The molecule has 3 aromatic carbocycles. The number of esters is 1. The van der Waals surface area contributed by atoms with Gasteiger partial charge in [-0.2, -0.15) is 0 Å². The van der Waals surface area contributed by atoms with E-state index < -0.39 is 18.0 Å². The number of anilines is 2. The molecular weight excluding hydrogens is 504 g/mol. The van der Waals surface area contributed by atoms with E-state index in [9.17, 15) is 14.4 Å². The average molecular weight is 541 g/mol. The number of carbonyl (C=O) groups is 3. The van der Waals surface area contributed by atoms with E-state index in [-0.39, 0.29) is 12.6 Å². The van der Waals surface area contributed by atoms with Crippen molar-refractivity contribution in [2.24, 2.45) is 0 Å². The van der Waals surface area contributed by atoms with Gasteiger partial charge in [-0.3, -0.25) is 4.90 Å². The summed E-state index contributed by atoms with van der Waals surface area (Å²) < 4.78 is 5.48. The molecule has 0 unspecified atom stereocenters. The van der Waals surface area contributed by atoms with Crippen LogP contribution in [0.25, 0.3) is 5.70 Å². The van der Waals surface area contributed by atoms with Crippen molar-refractivity contribution < 1.29 is 19.1 Å². The van der Waals surface area contributed by atoms with E-state index in [1.54, 1.807) is 30.0 Å². The minimum atomic E-state index is -0.775. The van der Waals surface area contributed by atoms with E-state index in [0.717, 1.165) is 5.56 Å². The lowest BCUT2D eigenvalue weighted by Gasteiger charge is -2.37. The van der Waals surface area contributed by atoms with E-state index >= 15 is 0 Å². The summed E-state index contributed by atoms with van der Waals surface area (Å²) in [6.07, 6.45) is 0.708. The summed E-state index contributed by atoms with van der Waals surface area (Å²) in [5, 5.41) is 8.69. The summed E-state index contributed by atoms with van der Waals surface area (Å²) in [7, 11) is 0. The quantitative estimate of drug-likeness (QED) is 0.257. The van der Waals surface area contributed by atoms with Crippen LogP contribution in [-0.4, -0.2) is 36.1 Å². The maximum Gasteiger partial charge on any atom is 0.338 e. The van der Waals surface area contributed by atoms with Crippen LogP contribution in [0.4, 0.5) is 21.0 Å². The second-order valence-corrected chi connectivity index (χ2v) is 9.86. The number of urea groups is 2. The molecular formula is C32H36N4O4. The van der Waals surface area contributed by atoms with Crippen LogP contribution < -0.4 is 16.0 Å². The molecule has 1 heterocycles. The normalized spacial score (nSPS) is 15.1. The lowest BCUT2D eigenvalue weighted by atomic mass is 9.91. The predicted octanol–water partition coefficient (Wildman–Crippen LogP) is 6.90. The third-order valence-corrected chi connectivity index (χ3v) is 6.63. The smallest absolute Gasteiger partial charge is 0.338 e. The van der Waals surface area contributed by atoms with Crippen LogP contribution in [0.5, 0.6) is 0 Å². The lowest BCUT2D eigenvalue weighted by Crippen LogP contribution is -2.48. The van der Waals surface area contributed by atoms with Gasteiger partial charge in [0.05, 0.1) is 23.9 Å². The first-order valence-corrected chi connectivity index (χ1v) is 13.6. The third-order valence-electron chi connectivity index (χ3n) is 6.63. The molecule has 0 saturated carbocycles. The van der Waals surface area contributed by atoms with Crippen molar-refractivity contribution >= 4 is 35.1 Å². The van der Waals surface area contributed by atoms with Gasteiger partial charge in [-0.1, -0.05) is 75.4 Å². The highest BCUT2D eigenvalue weighted by Gasteiger charge is 2.38. The van der Waals surface area contributed by atoms with Crippen molar-refractivity contribution in [2.45, 2.75) is 46.1 Å². The number of benzene rings is 3. The van der Waals surface area contributed by atoms with Gasteiger partial charge in [-0.15, -0.1) is 0 Å². The van der Waals surface area contributed by atoms with Gasteiger partial charge >= 0.3 is 18.0 Å². The van der Waals surface area contributed by atoms with Crippen LogP contribution in [0.3, 0.4) is 0 Å². The number of carbonyl (C=O) groups excluding carboxylic acids is 3. The molecule has 0 aliphatic carbocycles. The lowest BCUT2D eigenvalue weighted by molar-refractivity contribution is -0.138. The Hall–Kier alpha value is -4.59. The Morgan fingerprint density at radius 2 is 1.62 bits per heavy atom. The number of rotatable bonds is 9. The molecule has 8 nitrogen and oxygen atoms in total. The molecule has 0 fully saturated rings. The van der Waals surface area contributed by atoms with Crippen LogP contribution in [0.2, 0.25) is 0 Å². The Morgan fingerprint density at radius 3 is 2.27 bits per heavy atom. The van der Waals surface area contributed by atoms with Crippen LogP contribution in [0.1, 0.15) is 62.8 Å². The number of nitrogens with zero attached hydrogens (tertiary/aromatic N) is 1. The van der Waals surface area contributed by atoms with Gasteiger partial charge in [0.25, 0.3) is 0 Å². The molecule has 4 rings (SSSR count). The molecule has 3 aromatic rings. The zero-order valence-corrected chi connectivity index (χ0v) is 23.4. The van der Waals surface area contributed by atoms with Crippen molar-refractivity contribution in [3.05, 3.63) is 101 Å². The zero-order chi connectivity index (χ0) is 28.6. The van der Waals surface area contributed by atoms with E-state index in [0.29, 0.717) is 47.1 Å².